The second-order valence-corrected chi connectivity index (χ2v) is 94.5. The third kappa shape index (κ3) is 16.0. The number of hydrogen-bond donors (Lipinski definition) is 0. The summed E-state index contributed by atoms with van der Waals surface area (Å²) < 4.78 is 19.3. The van der Waals surface area contributed by atoms with E-state index in [2.05, 4.69) is 243 Å². The van der Waals surface area contributed by atoms with Crippen LogP contribution in [0.3, 0.4) is 0 Å². The van der Waals surface area contributed by atoms with E-state index in [0.29, 0.717) is 0 Å². The molecule has 0 aromatic heterocycles. The summed E-state index contributed by atoms with van der Waals surface area (Å²) in [6.45, 7) is 8.00. The van der Waals surface area contributed by atoms with Gasteiger partial charge in [0.1, 0.15) is 0 Å². The summed E-state index contributed by atoms with van der Waals surface area (Å²) in [5, 5.41) is 9.02. The molecule has 18 heteroatoms. The summed E-state index contributed by atoms with van der Waals surface area (Å²) in [7, 11) is 13.6. The number of halogens is 2. The Morgan fingerprint density at radius 2 is 0.393 bits per heavy atom. The average molecular weight is 1460 g/mol. The maximum atomic E-state index is 8.91. The third-order valence-electron chi connectivity index (χ3n) is 15.0. The summed E-state index contributed by atoms with van der Waals surface area (Å²) in [6.07, 6.45) is 10.2. The first kappa shape index (κ1) is 67.0. The van der Waals surface area contributed by atoms with Crippen LogP contribution >= 0.6 is 61.0 Å². The van der Waals surface area contributed by atoms with Crippen molar-refractivity contribution in [3.8, 4) is 0 Å². The zero-order valence-electron chi connectivity index (χ0n) is 47.2. The summed E-state index contributed by atoms with van der Waals surface area (Å²) >= 11 is 30.0. The van der Waals surface area contributed by atoms with E-state index in [4.69, 9.17) is 86.2 Å². The van der Waals surface area contributed by atoms with Crippen molar-refractivity contribution in [2.24, 2.45) is 0 Å². The molecule has 5 heterocycles. The molecular weight excluding hydrogens is 1390 g/mol. The van der Waals surface area contributed by atoms with E-state index in [1.54, 1.807) is 0 Å². The van der Waals surface area contributed by atoms with E-state index in [9.17, 15) is 0 Å². The van der Waals surface area contributed by atoms with Crippen LogP contribution < -0.4 is 42.4 Å². The standard InChI is InChI=1S/C50H42Cl2Ge2P4S6.4C4H8O/c51-53(49(55(59,41-25-9-1-10-26-41)42-27-11-2-12-28-42)56(60,43-29-13-3-14-30-43)44-31-15-4-16-32-44)63-54(52,64-53)50(57(61,45-33-17-5-18-34-45)46-35-19-6-20-36-46)58(62,47-37-21-7-22-38-47)48-39-23-8-24-40-48;4*1-2-4-5-3-1/h1-40,49-50H;4*1-4H2. The molecule has 4 nitrogen and oxygen atoms in total. The summed E-state index contributed by atoms with van der Waals surface area (Å²) in [6, 6.07) is 74.6. The number of rotatable bonds is 14. The van der Waals surface area contributed by atoms with Crippen molar-refractivity contribution in [3.63, 3.8) is 0 Å². The number of benzene rings is 8. The minimum atomic E-state index is -4.08. The van der Waals surface area contributed by atoms with E-state index >= 15 is 0 Å². The van der Waals surface area contributed by atoms with Gasteiger partial charge in [0.2, 0.25) is 0 Å². The third-order valence-corrected chi connectivity index (χ3v) is 179. The van der Waals surface area contributed by atoms with Gasteiger partial charge in [0.05, 0.1) is 0 Å². The molecule has 0 aliphatic carbocycles. The fourth-order valence-electron chi connectivity index (χ4n) is 10.9. The molecule has 5 fully saturated rings. The van der Waals surface area contributed by atoms with Crippen molar-refractivity contribution in [2.75, 3.05) is 52.9 Å². The Hall–Kier alpha value is -1.43. The van der Waals surface area contributed by atoms with Crippen molar-refractivity contribution in [1.82, 2.24) is 0 Å². The molecule has 0 saturated carbocycles. The van der Waals surface area contributed by atoms with Gasteiger partial charge in [0, 0.05) is 52.9 Å². The van der Waals surface area contributed by atoms with Gasteiger partial charge in [-0.05, 0) is 51.4 Å². The van der Waals surface area contributed by atoms with Crippen LogP contribution in [0.15, 0.2) is 243 Å². The molecule has 440 valence electrons. The van der Waals surface area contributed by atoms with Gasteiger partial charge in [0.15, 0.2) is 0 Å². The van der Waals surface area contributed by atoms with Gasteiger partial charge in [-0.3, -0.25) is 0 Å². The Kier molecular flexibility index (Phi) is 26.4. The van der Waals surface area contributed by atoms with E-state index in [1.807, 2.05) is 16.8 Å². The van der Waals surface area contributed by atoms with Crippen LogP contribution in [0, 0.1) is 0 Å². The summed E-state index contributed by atoms with van der Waals surface area (Å²) in [5.41, 5.74) is 0. The van der Waals surface area contributed by atoms with Gasteiger partial charge in [-0.15, -0.1) is 0 Å². The average Bonchev–Trinajstić information content (AvgIpc) is 3.93. The fraction of sp³-hybridized carbons (Fsp3) is 0.273. The normalized spacial score (nSPS) is 19.5. The Balaban J connectivity index is 0.000000354. The predicted molar refractivity (Wildman–Crippen MR) is 392 cm³/mol. The first-order valence-electron chi connectivity index (χ1n) is 28.9. The topological polar surface area (TPSA) is 36.9 Å². The summed E-state index contributed by atoms with van der Waals surface area (Å²) in [5.74, 6) is 0. The van der Waals surface area contributed by atoms with Crippen LogP contribution in [-0.4, -0.2) is 81.4 Å². The molecule has 0 atom stereocenters. The first-order chi connectivity index (χ1) is 41.0. The summed E-state index contributed by atoms with van der Waals surface area (Å²) in [4.78, 5) is 0. The molecule has 0 amide bonds. The molecule has 13 rings (SSSR count). The Morgan fingerprint density at radius 3 is 0.500 bits per heavy atom. The molecule has 8 aromatic rings. The molecule has 0 bridgehead atoms. The molecule has 5 aliphatic rings. The molecule has 0 unspecified atom stereocenters. The Labute approximate surface area is 539 Å². The first-order valence-corrected chi connectivity index (χ1v) is 60.3. The zero-order valence-corrected chi connectivity index (χ0v) is 61.4. The maximum absolute atomic E-state index is 8.91. The molecule has 0 spiro atoms. The molecular formula is C66H74Cl2Ge2O4P4S6. The van der Waals surface area contributed by atoms with Crippen LogP contribution in [0.25, 0.3) is 0 Å². The Bertz CT molecular complexity index is 2790. The van der Waals surface area contributed by atoms with Crippen LogP contribution in [0.2, 0.25) is 0 Å². The van der Waals surface area contributed by atoms with Crippen molar-refractivity contribution < 1.29 is 18.9 Å². The van der Waals surface area contributed by atoms with Gasteiger partial charge in [0.25, 0.3) is 0 Å². The second-order valence-electron chi connectivity index (χ2n) is 20.7. The van der Waals surface area contributed by atoms with Gasteiger partial charge >= 0.3 is 422 Å². The quantitative estimate of drug-likeness (QED) is 0.0776. The van der Waals surface area contributed by atoms with Crippen LogP contribution in [0.4, 0.5) is 0 Å². The molecule has 5 aliphatic heterocycles. The SMILES string of the molecule is C1CCOC1.C1CCOC1.C1CCOC1.C1CCOC1.S=P(c1ccccc1)(c1ccccc1)[CH](P(=S)(c1ccccc1)c1ccccc1)[Ge]1([Cl])[S][Ge]([Cl])([CH](P(=S)(c2ccccc2)c2ccccc2)P(=S)(c2ccccc2)c2ccccc2)[S]1. The predicted octanol–water partition coefficient (Wildman–Crippen LogP) is 15.3. The van der Waals surface area contributed by atoms with E-state index in [0.717, 1.165) is 95.3 Å². The fourth-order valence-corrected chi connectivity index (χ4v) is 285. The van der Waals surface area contributed by atoms with Gasteiger partial charge in [-0.25, -0.2) is 0 Å². The monoisotopic (exact) mass is 1460 g/mol. The van der Waals surface area contributed by atoms with Crippen molar-refractivity contribution >= 4 is 171 Å². The van der Waals surface area contributed by atoms with Crippen LogP contribution in [0.1, 0.15) is 51.4 Å². The molecule has 0 radical (unpaired) electrons. The van der Waals surface area contributed by atoms with E-state index < -0.39 is 44.3 Å². The molecule has 0 N–H and O–H groups in total. The van der Waals surface area contributed by atoms with Crippen molar-refractivity contribution in [1.29, 1.82) is 0 Å². The van der Waals surface area contributed by atoms with Crippen molar-refractivity contribution in [3.05, 3.63) is 243 Å². The molecule has 84 heavy (non-hydrogen) atoms. The Morgan fingerprint density at radius 1 is 0.262 bits per heavy atom. The molecule has 8 aromatic carbocycles. The van der Waals surface area contributed by atoms with E-state index in [-0.39, 0.29) is 8.47 Å². The second kappa shape index (κ2) is 33.1. The van der Waals surface area contributed by atoms with Crippen LogP contribution in [0.5, 0.6) is 0 Å². The minimum absolute atomic E-state index is 0.230. The number of hydrogen-bond acceptors (Lipinski definition) is 10. The van der Waals surface area contributed by atoms with E-state index in [1.165, 1.54) is 51.4 Å². The number of ether oxygens (including phenoxy) is 4. The zero-order chi connectivity index (χ0) is 58.6. The van der Waals surface area contributed by atoms with Gasteiger partial charge in [-0.2, -0.15) is 0 Å². The van der Waals surface area contributed by atoms with Gasteiger partial charge < -0.3 is 18.9 Å². The van der Waals surface area contributed by atoms with Crippen molar-refractivity contribution in [2.45, 2.75) is 59.8 Å². The molecule has 5 saturated heterocycles. The van der Waals surface area contributed by atoms with Gasteiger partial charge in [-0.1, -0.05) is 0 Å². The van der Waals surface area contributed by atoms with Crippen LogP contribution in [-0.2, 0) is 66.2 Å².